The van der Waals surface area contributed by atoms with Gasteiger partial charge in [-0.25, -0.2) is 0 Å². The van der Waals surface area contributed by atoms with Crippen LogP contribution in [0.3, 0.4) is 0 Å². The molecule has 10 heavy (non-hydrogen) atoms. The number of nitrogens with two attached hydrogens (primary N) is 1. The van der Waals surface area contributed by atoms with Crippen LogP contribution in [-0.2, 0) is 0 Å². The molecule has 0 heterocycles. The lowest BCUT2D eigenvalue weighted by atomic mass is 10.2. The van der Waals surface area contributed by atoms with Gasteiger partial charge in [0.05, 0.1) is 6.10 Å². The largest absolute Gasteiger partial charge is 0.392 e. The molecule has 1 unspecified atom stereocenters. The predicted octanol–water partition coefficient (Wildman–Crippen LogP) is -0.320. The van der Waals surface area contributed by atoms with Crippen LogP contribution < -0.4 is 5.73 Å². The van der Waals surface area contributed by atoms with E-state index in [1.54, 1.807) is 0 Å². The van der Waals surface area contributed by atoms with Gasteiger partial charge < -0.3 is 15.7 Å². The second-order valence-electron chi connectivity index (χ2n) is 2.49. The van der Waals surface area contributed by atoms with Gasteiger partial charge in [-0.05, 0) is 27.1 Å². The van der Waals surface area contributed by atoms with Crippen LogP contribution in [0.25, 0.3) is 0 Å². The zero-order valence-corrected chi connectivity index (χ0v) is 7.40. The highest BCUT2D eigenvalue weighted by atomic mass is 35.5. The van der Waals surface area contributed by atoms with E-state index in [2.05, 4.69) is 0 Å². The van der Waals surface area contributed by atoms with Gasteiger partial charge >= 0.3 is 0 Å². The Balaban J connectivity index is 0. The molecule has 0 amide bonds. The lowest BCUT2D eigenvalue weighted by molar-refractivity contribution is 0.130. The molecule has 0 aliphatic rings. The van der Waals surface area contributed by atoms with E-state index in [1.807, 2.05) is 19.0 Å². The second kappa shape index (κ2) is 7.28. The van der Waals surface area contributed by atoms with Gasteiger partial charge in [0, 0.05) is 6.54 Å². The SMILES string of the molecule is CN(C)CC(O)CCN.Cl. The molecule has 0 radical (unpaired) electrons. The normalized spacial score (nSPS) is 12.9. The fourth-order valence-electron chi connectivity index (χ4n) is 0.705. The monoisotopic (exact) mass is 168 g/mol. The Morgan fingerprint density at radius 1 is 1.50 bits per heavy atom. The number of aliphatic hydroxyl groups is 1. The topological polar surface area (TPSA) is 49.5 Å². The van der Waals surface area contributed by atoms with Gasteiger partial charge in [0.1, 0.15) is 0 Å². The Hall–Kier alpha value is 0.170. The summed E-state index contributed by atoms with van der Waals surface area (Å²) >= 11 is 0. The van der Waals surface area contributed by atoms with Gasteiger partial charge in [-0.15, -0.1) is 12.4 Å². The highest BCUT2D eigenvalue weighted by molar-refractivity contribution is 5.85. The summed E-state index contributed by atoms with van der Waals surface area (Å²) in [6, 6.07) is 0. The van der Waals surface area contributed by atoms with Gasteiger partial charge in [0.2, 0.25) is 0 Å². The summed E-state index contributed by atoms with van der Waals surface area (Å²) in [5, 5.41) is 9.10. The number of hydrogen-bond donors (Lipinski definition) is 2. The maximum atomic E-state index is 9.10. The van der Waals surface area contributed by atoms with E-state index in [0.29, 0.717) is 19.5 Å². The summed E-state index contributed by atoms with van der Waals surface area (Å²) in [5.41, 5.74) is 5.23. The first-order chi connectivity index (χ1) is 4.16. The van der Waals surface area contributed by atoms with Crippen LogP contribution in [0.15, 0.2) is 0 Å². The Morgan fingerprint density at radius 3 is 2.30 bits per heavy atom. The predicted molar refractivity (Wildman–Crippen MR) is 45.5 cm³/mol. The fourth-order valence-corrected chi connectivity index (χ4v) is 0.705. The molecule has 0 bridgehead atoms. The molecule has 0 aliphatic heterocycles. The van der Waals surface area contributed by atoms with E-state index in [0.717, 1.165) is 0 Å². The minimum atomic E-state index is -0.259. The average Bonchev–Trinajstić information content (AvgIpc) is 1.63. The van der Waals surface area contributed by atoms with Crippen LogP contribution >= 0.6 is 12.4 Å². The third kappa shape index (κ3) is 8.17. The van der Waals surface area contributed by atoms with Crippen molar-refractivity contribution in [1.29, 1.82) is 0 Å². The highest BCUT2D eigenvalue weighted by Crippen LogP contribution is 1.89. The van der Waals surface area contributed by atoms with Gasteiger partial charge in [0.15, 0.2) is 0 Å². The molecule has 0 aromatic rings. The Bertz CT molecular complexity index is 70.8. The van der Waals surface area contributed by atoms with Gasteiger partial charge in [-0.3, -0.25) is 0 Å². The Morgan fingerprint density at radius 2 is 2.00 bits per heavy atom. The molecular weight excluding hydrogens is 152 g/mol. The molecule has 64 valence electrons. The Labute approximate surface area is 68.6 Å². The maximum absolute atomic E-state index is 9.10. The molecule has 0 fully saturated rings. The van der Waals surface area contributed by atoms with Crippen molar-refractivity contribution >= 4 is 12.4 Å². The smallest absolute Gasteiger partial charge is 0.0678 e. The third-order valence-corrected chi connectivity index (χ3v) is 1.08. The number of aliphatic hydroxyl groups excluding tert-OH is 1. The summed E-state index contributed by atoms with van der Waals surface area (Å²) in [4.78, 5) is 1.94. The van der Waals surface area contributed by atoms with Crippen molar-refractivity contribution < 1.29 is 5.11 Å². The molecule has 4 heteroatoms. The van der Waals surface area contributed by atoms with Crippen LogP contribution in [0.5, 0.6) is 0 Å². The molecule has 3 N–H and O–H groups in total. The summed E-state index contributed by atoms with van der Waals surface area (Å²) in [6.07, 6.45) is 0.433. The van der Waals surface area contributed by atoms with Crippen LogP contribution in [0.2, 0.25) is 0 Å². The van der Waals surface area contributed by atoms with E-state index in [9.17, 15) is 0 Å². The number of likely N-dealkylation sites (N-methyl/N-ethyl adjacent to an activating group) is 1. The molecule has 1 atom stereocenters. The second-order valence-corrected chi connectivity index (χ2v) is 2.49. The third-order valence-electron chi connectivity index (χ3n) is 1.08. The first-order valence-corrected chi connectivity index (χ1v) is 3.19. The fraction of sp³-hybridized carbons (Fsp3) is 1.00. The highest BCUT2D eigenvalue weighted by Gasteiger charge is 2.02. The number of hydrogen-bond acceptors (Lipinski definition) is 3. The zero-order valence-electron chi connectivity index (χ0n) is 6.58. The van der Waals surface area contributed by atoms with Crippen molar-refractivity contribution in [3.8, 4) is 0 Å². The average molecular weight is 169 g/mol. The van der Waals surface area contributed by atoms with Crippen molar-refractivity contribution in [2.75, 3.05) is 27.2 Å². The number of rotatable bonds is 4. The number of nitrogens with zero attached hydrogens (tertiary/aromatic N) is 1. The quantitative estimate of drug-likeness (QED) is 0.605. The summed E-state index contributed by atoms with van der Waals surface area (Å²) < 4.78 is 0. The van der Waals surface area contributed by atoms with Gasteiger partial charge in [-0.1, -0.05) is 0 Å². The molecule has 0 aromatic heterocycles. The van der Waals surface area contributed by atoms with E-state index >= 15 is 0 Å². The van der Waals surface area contributed by atoms with Crippen LogP contribution in [0, 0.1) is 0 Å². The minimum absolute atomic E-state index is 0. The lowest BCUT2D eigenvalue weighted by Crippen LogP contribution is -2.27. The molecule has 0 spiro atoms. The van der Waals surface area contributed by atoms with E-state index in [4.69, 9.17) is 10.8 Å². The van der Waals surface area contributed by atoms with Gasteiger partial charge in [0.25, 0.3) is 0 Å². The van der Waals surface area contributed by atoms with Crippen molar-refractivity contribution in [2.24, 2.45) is 5.73 Å². The molecule has 0 aromatic carbocycles. The molecule has 0 saturated carbocycles. The maximum Gasteiger partial charge on any atom is 0.0678 e. The summed E-state index contributed by atoms with van der Waals surface area (Å²) in [5.74, 6) is 0. The first kappa shape index (κ1) is 12.8. The molecule has 0 rings (SSSR count). The van der Waals surface area contributed by atoms with Crippen LogP contribution in [-0.4, -0.2) is 43.3 Å². The van der Waals surface area contributed by atoms with Crippen molar-refractivity contribution in [2.45, 2.75) is 12.5 Å². The summed E-state index contributed by atoms with van der Waals surface area (Å²) in [6.45, 7) is 1.27. The molecule has 0 aliphatic carbocycles. The molecular formula is C6H17ClN2O. The Kier molecular flexibility index (Phi) is 9.33. The van der Waals surface area contributed by atoms with Gasteiger partial charge in [-0.2, -0.15) is 0 Å². The van der Waals surface area contributed by atoms with E-state index in [1.165, 1.54) is 0 Å². The lowest BCUT2D eigenvalue weighted by Gasteiger charge is -2.14. The van der Waals surface area contributed by atoms with Crippen molar-refractivity contribution in [3.63, 3.8) is 0 Å². The molecule has 0 saturated heterocycles. The van der Waals surface area contributed by atoms with E-state index in [-0.39, 0.29) is 18.5 Å². The minimum Gasteiger partial charge on any atom is -0.392 e. The molecule has 3 nitrogen and oxygen atoms in total. The first-order valence-electron chi connectivity index (χ1n) is 3.19. The van der Waals surface area contributed by atoms with Crippen molar-refractivity contribution in [1.82, 2.24) is 4.90 Å². The van der Waals surface area contributed by atoms with E-state index < -0.39 is 0 Å². The summed E-state index contributed by atoms with van der Waals surface area (Å²) in [7, 11) is 3.86. The number of halogens is 1. The van der Waals surface area contributed by atoms with Crippen LogP contribution in [0.1, 0.15) is 6.42 Å². The van der Waals surface area contributed by atoms with Crippen molar-refractivity contribution in [3.05, 3.63) is 0 Å². The standard InChI is InChI=1S/C6H16N2O.ClH/c1-8(2)5-6(9)3-4-7;/h6,9H,3-5,7H2,1-2H3;1H. The zero-order chi connectivity index (χ0) is 7.28. The van der Waals surface area contributed by atoms with Crippen LogP contribution in [0.4, 0.5) is 0 Å².